The fourth-order valence-corrected chi connectivity index (χ4v) is 14.6. The first-order chi connectivity index (χ1) is 22.1. The molecule has 6 heteroatoms. The highest BCUT2D eigenvalue weighted by atomic mass is 16.6. The van der Waals surface area contributed by atoms with Gasteiger partial charge in [0.25, 0.3) is 0 Å². The molecule has 232 valence electrons. The Morgan fingerprint density at radius 3 is 2.18 bits per heavy atom. The van der Waals surface area contributed by atoms with Gasteiger partial charge in [-0.25, -0.2) is 0 Å². The number of ether oxygens (including phenoxy) is 2. The molecule has 0 unspecified atom stereocenters. The Labute approximate surface area is 266 Å². The van der Waals surface area contributed by atoms with Gasteiger partial charge < -0.3 is 19.3 Å². The van der Waals surface area contributed by atoms with Crippen molar-refractivity contribution in [2.24, 2.45) is 17.8 Å². The van der Waals surface area contributed by atoms with Gasteiger partial charge in [-0.2, -0.15) is 0 Å². The summed E-state index contributed by atoms with van der Waals surface area (Å²) in [5.74, 6) is 1.24. The van der Waals surface area contributed by atoms with E-state index in [2.05, 4.69) is 94.1 Å². The normalized spacial score (nSPS) is 50.6. The maximum atomic E-state index is 8.15. The summed E-state index contributed by atoms with van der Waals surface area (Å²) in [6.07, 6.45) is 9.68. The van der Waals surface area contributed by atoms with E-state index in [1.54, 1.807) is 22.3 Å². The third kappa shape index (κ3) is 2.37. The molecular weight excluding hydrogens is 556 g/mol. The van der Waals surface area contributed by atoms with Crippen LogP contribution in [0.15, 0.2) is 71.8 Å². The molecule has 2 aromatic carbocycles. The van der Waals surface area contributed by atoms with Crippen molar-refractivity contribution in [1.29, 1.82) is 0 Å². The summed E-state index contributed by atoms with van der Waals surface area (Å²) in [5, 5.41) is 0. The summed E-state index contributed by atoms with van der Waals surface area (Å²) in [4.78, 5) is 11.5. The van der Waals surface area contributed by atoms with E-state index in [9.17, 15) is 0 Å². The van der Waals surface area contributed by atoms with Gasteiger partial charge in [0.15, 0.2) is 6.23 Å². The first-order valence-corrected chi connectivity index (χ1v) is 17.9. The number of anilines is 2. The largest absolute Gasteiger partial charge is 0.358 e. The topological polar surface area (TPSA) is 31.4 Å². The van der Waals surface area contributed by atoms with Gasteiger partial charge in [-0.05, 0) is 81.8 Å². The number of benzene rings is 2. The van der Waals surface area contributed by atoms with Gasteiger partial charge >= 0.3 is 0 Å². The number of fused-ring (bicyclic) bond motifs is 10. The zero-order valence-electron chi connectivity index (χ0n) is 26.7. The molecule has 2 aliphatic carbocycles. The lowest BCUT2D eigenvalue weighted by molar-refractivity contribution is -0.184. The quantitative estimate of drug-likeness (QED) is 0.427. The average Bonchev–Trinajstić information content (AvgIpc) is 3.86. The molecule has 6 nitrogen and oxygen atoms in total. The molecule has 3 spiro atoms. The van der Waals surface area contributed by atoms with Crippen LogP contribution in [0, 0.1) is 17.8 Å². The van der Waals surface area contributed by atoms with Crippen LogP contribution in [-0.2, 0) is 20.3 Å². The van der Waals surface area contributed by atoms with Crippen molar-refractivity contribution in [1.82, 2.24) is 9.80 Å². The molecule has 0 aromatic heterocycles. The van der Waals surface area contributed by atoms with Crippen molar-refractivity contribution in [3.63, 3.8) is 0 Å². The van der Waals surface area contributed by atoms with Gasteiger partial charge in [-0.1, -0.05) is 59.7 Å². The molecule has 8 aliphatic heterocycles. The Bertz CT molecular complexity index is 1750. The van der Waals surface area contributed by atoms with E-state index in [1.165, 1.54) is 50.1 Å². The van der Waals surface area contributed by atoms with Gasteiger partial charge in [-0.3, -0.25) is 9.80 Å². The van der Waals surface area contributed by atoms with Crippen LogP contribution in [0.25, 0.3) is 0 Å². The Kier molecular flexibility index (Phi) is 4.47. The molecule has 6 saturated heterocycles. The monoisotopic (exact) mass is 600 g/mol. The van der Waals surface area contributed by atoms with E-state index >= 15 is 0 Å². The van der Waals surface area contributed by atoms with Gasteiger partial charge in [0.2, 0.25) is 0 Å². The highest BCUT2D eigenvalue weighted by Crippen LogP contribution is 2.74. The number of rotatable bonds is 1. The maximum Gasteiger partial charge on any atom is 0.162 e. The predicted octanol–water partition coefficient (Wildman–Crippen LogP) is 5.05. The highest BCUT2D eigenvalue weighted by molar-refractivity contribution is 5.74. The summed E-state index contributed by atoms with van der Waals surface area (Å²) in [7, 11) is 2.01. The van der Waals surface area contributed by atoms with Crippen LogP contribution < -0.4 is 9.80 Å². The predicted molar refractivity (Wildman–Crippen MR) is 174 cm³/mol. The number of piperidine rings is 2. The van der Waals surface area contributed by atoms with Crippen molar-refractivity contribution in [2.45, 2.75) is 92.6 Å². The van der Waals surface area contributed by atoms with Crippen LogP contribution in [0.5, 0.6) is 0 Å². The lowest BCUT2D eigenvalue weighted by Crippen LogP contribution is -2.77. The molecular formula is C39H44N4O2. The number of methoxy groups -OCH3 is 1. The van der Waals surface area contributed by atoms with Crippen molar-refractivity contribution in [2.75, 3.05) is 43.1 Å². The van der Waals surface area contributed by atoms with Crippen molar-refractivity contribution in [3.05, 3.63) is 83.0 Å². The lowest BCUT2D eigenvalue weighted by Gasteiger charge is -2.63. The van der Waals surface area contributed by atoms with E-state index in [0.29, 0.717) is 35.9 Å². The summed E-state index contributed by atoms with van der Waals surface area (Å²) in [5.41, 5.74) is 9.05. The first kappa shape index (κ1) is 25.4. The van der Waals surface area contributed by atoms with E-state index in [1.807, 2.05) is 7.11 Å². The van der Waals surface area contributed by atoms with Crippen LogP contribution in [0.1, 0.15) is 50.7 Å². The molecule has 2 aromatic rings. The van der Waals surface area contributed by atoms with E-state index in [-0.39, 0.29) is 29.3 Å². The summed E-state index contributed by atoms with van der Waals surface area (Å²) in [6, 6.07) is 20.9. The van der Waals surface area contributed by atoms with Crippen LogP contribution in [0.4, 0.5) is 11.4 Å². The van der Waals surface area contributed by atoms with Gasteiger partial charge in [0.05, 0.1) is 12.1 Å². The molecule has 2 saturated carbocycles. The van der Waals surface area contributed by atoms with E-state index < -0.39 is 5.60 Å². The smallest absolute Gasteiger partial charge is 0.162 e. The third-order valence-electron chi connectivity index (χ3n) is 15.6. The zero-order chi connectivity index (χ0) is 29.6. The fraction of sp³-hybridized carbons (Fsp3) is 0.590. The second kappa shape index (κ2) is 7.90. The molecule has 0 amide bonds. The molecule has 12 rings (SSSR count). The Balaban J connectivity index is 1.21. The average molecular weight is 601 g/mol. The lowest BCUT2D eigenvalue weighted by atomic mass is 9.52. The standard InChI is InChI=1S/C39H44N4O2/c1-4-22-20-40-16-14-37-25-10-6-8-12-28(25)42-33(37)32(24(22)18-30(37)40)34-43-29-13-9-7-11-26(29)38-15-17-41-21-23(5-2)27(19-31(38)41)39(45-34,35(38)43)36(42)44-3/h4-13,24,27,30-36H,14-21H2,1-3H3/b22-4+,23-5?/t24-,27-,30-,31-,32+,33-,34-,35+,36-,37+,38+,39+/m0/s1. The van der Waals surface area contributed by atoms with Crippen LogP contribution in [0.2, 0.25) is 0 Å². The molecule has 6 bridgehead atoms. The zero-order valence-corrected chi connectivity index (χ0v) is 26.7. The van der Waals surface area contributed by atoms with Crippen LogP contribution >= 0.6 is 0 Å². The molecule has 8 fully saturated rings. The highest BCUT2D eigenvalue weighted by Gasteiger charge is 2.84. The maximum absolute atomic E-state index is 8.15. The minimum absolute atomic E-state index is 0.0360. The molecule has 8 heterocycles. The molecule has 10 aliphatic rings. The third-order valence-corrected chi connectivity index (χ3v) is 15.6. The fourth-order valence-electron chi connectivity index (χ4n) is 14.6. The van der Waals surface area contributed by atoms with Crippen molar-refractivity contribution in [3.8, 4) is 0 Å². The number of para-hydroxylation sites is 2. The second-order valence-corrected chi connectivity index (χ2v) is 16.1. The van der Waals surface area contributed by atoms with Crippen molar-refractivity contribution >= 4 is 11.4 Å². The number of nitrogens with zero attached hydrogens (tertiary/aromatic N) is 4. The van der Waals surface area contributed by atoms with E-state index in [0.717, 1.165) is 13.1 Å². The summed E-state index contributed by atoms with van der Waals surface area (Å²) < 4.78 is 15.2. The Hall–Kier alpha value is -2.64. The van der Waals surface area contributed by atoms with Crippen molar-refractivity contribution < 1.29 is 9.47 Å². The van der Waals surface area contributed by atoms with E-state index in [4.69, 9.17) is 9.47 Å². The van der Waals surface area contributed by atoms with Crippen LogP contribution in [0.3, 0.4) is 0 Å². The summed E-state index contributed by atoms with van der Waals surface area (Å²) >= 11 is 0. The molecule has 0 N–H and O–H groups in total. The van der Waals surface area contributed by atoms with Gasteiger partial charge in [0, 0.05) is 66.3 Å². The van der Waals surface area contributed by atoms with Gasteiger partial charge in [-0.15, -0.1) is 0 Å². The molecule has 0 radical (unpaired) electrons. The van der Waals surface area contributed by atoms with Crippen LogP contribution in [-0.4, -0.2) is 85.3 Å². The first-order valence-electron chi connectivity index (χ1n) is 17.9. The second-order valence-electron chi connectivity index (χ2n) is 16.1. The number of hydrogen-bond donors (Lipinski definition) is 0. The van der Waals surface area contributed by atoms with Gasteiger partial charge in [0.1, 0.15) is 11.8 Å². The minimum atomic E-state index is -0.453. The SMILES string of the molecule is CC=C1CN2CC[C@]34c5ccccc5N5[C@H]3[C@]3(O[C@H]5[C@H]5[C@@H]6N(c7ccccc7[C@@]67CCN6C/C(=C\C)[C@@H]5C[C@H]67)[C@H]3OC)[C@H]1C[C@H]24. The minimum Gasteiger partial charge on any atom is -0.358 e. The Morgan fingerprint density at radius 2 is 1.44 bits per heavy atom. The number of allylic oxidation sites excluding steroid dienone is 2. The molecule has 45 heavy (non-hydrogen) atoms. The molecule has 12 atom stereocenters. The number of hydrogen-bond acceptors (Lipinski definition) is 6. The summed E-state index contributed by atoms with van der Waals surface area (Å²) in [6.45, 7) is 9.15. The Morgan fingerprint density at radius 1 is 0.800 bits per heavy atom.